The molecule has 0 aliphatic heterocycles. The summed E-state index contributed by atoms with van der Waals surface area (Å²) in [7, 11) is 0. The molecule has 0 saturated heterocycles. The Morgan fingerprint density at radius 1 is 1.00 bits per heavy atom. The van der Waals surface area contributed by atoms with Crippen LogP contribution in [0, 0.1) is 0 Å². The van der Waals surface area contributed by atoms with Crippen LogP contribution in [0.3, 0.4) is 0 Å². The number of aromatic nitrogens is 2. The van der Waals surface area contributed by atoms with Gasteiger partial charge in [-0.15, -0.1) is 11.3 Å². The predicted octanol–water partition coefficient (Wildman–Crippen LogP) is 6.65. The van der Waals surface area contributed by atoms with Gasteiger partial charge in [-0.05, 0) is 6.42 Å². The Hall–Kier alpha value is -0.830. The zero-order valence-corrected chi connectivity index (χ0v) is 14.5. The first-order valence-electron chi connectivity index (χ1n) is 8.73. The first-order valence-corrected chi connectivity index (χ1v) is 9.67. The number of nitrogens with one attached hydrogen (secondary N) is 1. The lowest BCUT2D eigenvalue weighted by molar-refractivity contribution is 0.532. The first-order chi connectivity index (χ1) is 10.3. The van der Waals surface area contributed by atoms with Crippen molar-refractivity contribution in [2.75, 3.05) is 0 Å². The van der Waals surface area contributed by atoms with Gasteiger partial charge in [-0.2, -0.15) is 0 Å². The Labute approximate surface area is 133 Å². The minimum Gasteiger partial charge on any atom is -0.341 e. The molecule has 1 unspecified atom stereocenters. The molecule has 118 valence electrons. The molecule has 0 radical (unpaired) electrons. The van der Waals surface area contributed by atoms with Crippen molar-refractivity contribution in [1.82, 2.24) is 9.97 Å². The van der Waals surface area contributed by atoms with Crippen LogP contribution in [-0.4, -0.2) is 9.97 Å². The van der Waals surface area contributed by atoms with E-state index in [1.165, 1.54) is 75.5 Å². The van der Waals surface area contributed by atoms with E-state index in [0.29, 0.717) is 5.92 Å². The van der Waals surface area contributed by atoms with Crippen molar-refractivity contribution in [2.24, 2.45) is 0 Å². The SMILES string of the molecule is CCCCCCCCCCCC(C)c1nc2cscc2[nH]1. The fourth-order valence-electron chi connectivity index (χ4n) is 2.90. The van der Waals surface area contributed by atoms with Crippen molar-refractivity contribution in [2.45, 2.75) is 84.0 Å². The summed E-state index contributed by atoms with van der Waals surface area (Å²) in [5.74, 6) is 1.74. The fourth-order valence-corrected chi connectivity index (χ4v) is 3.59. The van der Waals surface area contributed by atoms with Crippen LogP contribution >= 0.6 is 11.3 Å². The van der Waals surface area contributed by atoms with Crippen molar-refractivity contribution < 1.29 is 0 Å². The summed E-state index contributed by atoms with van der Waals surface area (Å²) in [6.07, 6.45) is 13.9. The van der Waals surface area contributed by atoms with Crippen LogP contribution in [-0.2, 0) is 0 Å². The lowest BCUT2D eigenvalue weighted by Crippen LogP contribution is -1.96. The van der Waals surface area contributed by atoms with Crippen molar-refractivity contribution in [3.63, 3.8) is 0 Å². The Bertz CT molecular complexity index is 472. The molecule has 1 N–H and O–H groups in total. The van der Waals surface area contributed by atoms with E-state index in [-0.39, 0.29) is 0 Å². The molecule has 0 aliphatic carbocycles. The molecule has 2 rings (SSSR count). The van der Waals surface area contributed by atoms with Crippen LogP contribution in [0.2, 0.25) is 0 Å². The van der Waals surface area contributed by atoms with Crippen LogP contribution < -0.4 is 0 Å². The van der Waals surface area contributed by atoms with E-state index in [1.807, 2.05) is 0 Å². The van der Waals surface area contributed by atoms with Gasteiger partial charge in [-0.25, -0.2) is 4.98 Å². The Balaban J connectivity index is 1.53. The Kier molecular flexibility index (Phi) is 7.28. The molecule has 2 aromatic rings. The summed E-state index contributed by atoms with van der Waals surface area (Å²) in [4.78, 5) is 8.14. The molecule has 0 aliphatic rings. The Morgan fingerprint density at radius 3 is 2.33 bits per heavy atom. The smallest absolute Gasteiger partial charge is 0.110 e. The topological polar surface area (TPSA) is 28.7 Å². The number of imidazole rings is 1. The minimum absolute atomic E-state index is 0.562. The number of unbranched alkanes of at least 4 members (excludes halogenated alkanes) is 8. The first kappa shape index (κ1) is 16.5. The fraction of sp³-hybridized carbons (Fsp3) is 0.722. The molecule has 2 aromatic heterocycles. The number of aromatic amines is 1. The van der Waals surface area contributed by atoms with Gasteiger partial charge in [0.15, 0.2) is 0 Å². The summed E-state index contributed by atoms with van der Waals surface area (Å²) in [5, 5.41) is 4.28. The van der Waals surface area contributed by atoms with E-state index in [1.54, 1.807) is 11.3 Å². The van der Waals surface area contributed by atoms with Crippen LogP contribution in [0.25, 0.3) is 11.0 Å². The summed E-state index contributed by atoms with van der Waals surface area (Å²) >= 11 is 1.72. The van der Waals surface area contributed by atoms with E-state index in [4.69, 9.17) is 0 Å². The zero-order valence-electron chi connectivity index (χ0n) is 13.7. The molecule has 1 atom stereocenters. The maximum atomic E-state index is 4.68. The van der Waals surface area contributed by atoms with Crippen molar-refractivity contribution >= 4 is 22.4 Å². The van der Waals surface area contributed by atoms with Crippen molar-refractivity contribution in [3.8, 4) is 0 Å². The van der Waals surface area contributed by atoms with Gasteiger partial charge in [0.1, 0.15) is 5.82 Å². The highest BCUT2D eigenvalue weighted by Gasteiger charge is 2.10. The summed E-state index contributed by atoms with van der Waals surface area (Å²) < 4.78 is 0. The number of hydrogen-bond donors (Lipinski definition) is 1. The monoisotopic (exact) mass is 306 g/mol. The van der Waals surface area contributed by atoms with Crippen LogP contribution in [0.15, 0.2) is 10.8 Å². The second-order valence-electron chi connectivity index (χ2n) is 6.31. The van der Waals surface area contributed by atoms with Gasteiger partial charge < -0.3 is 4.98 Å². The van der Waals surface area contributed by atoms with Crippen LogP contribution in [0.5, 0.6) is 0 Å². The third kappa shape index (κ3) is 5.46. The van der Waals surface area contributed by atoms with Gasteiger partial charge in [-0.3, -0.25) is 0 Å². The summed E-state index contributed by atoms with van der Waals surface area (Å²) in [5.41, 5.74) is 2.34. The third-order valence-corrected chi connectivity index (χ3v) is 5.08. The normalized spacial score (nSPS) is 13.0. The van der Waals surface area contributed by atoms with Crippen LogP contribution in [0.4, 0.5) is 0 Å². The third-order valence-electron chi connectivity index (χ3n) is 4.35. The van der Waals surface area contributed by atoms with Gasteiger partial charge >= 0.3 is 0 Å². The number of H-pyrrole nitrogens is 1. The summed E-state index contributed by atoms with van der Waals surface area (Å²) in [6, 6.07) is 0. The molecule has 0 spiro atoms. The molecule has 21 heavy (non-hydrogen) atoms. The van der Waals surface area contributed by atoms with Gasteiger partial charge in [-0.1, -0.05) is 71.6 Å². The minimum atomic E-state index is 0.562. The highest BCUT2D eigenvalue weighted by atomic mass is 32.1. The van der Waals surface area contributed by atoms with E-state index >= 15 is 0 Å². The molecule has 0 saturated carbocycles. The molecule has 2 nitrogen and oxygen atoms in total. The Morgan fingerprint density at radius 2 is 1.67 bits per heavy atom. The number of hydrogen-bond acceptors (Lipinski definition) is 2. The molecule has 0 fully saturated rings. The van der Waals surface area contributed by atoms with Gasteiger partial charge in [0.2, 0.25) is 0 Å². The highest BCUT2D eigenvalue weighted by Crippen LogP contribution is 2.24. The maximum absolute atomic E-state index is 4.68. The average molecular weight is 307 g/mol. The lowest BCUT2D eigenvalue weighted by Gasteiger charge is -2.08. The predicted molar refractivity (Wildman–Crippen MR) is 94.2 cm³/mol. The van der Waals surface area contributed by atoms with Crippen molar-refractivity contribution in [1.29, 1.82) is 0 Å². The van der Waals surface area contributed by atoms with Crippen LogP contribution in [0.1, 0.15) is 89.8 Å². The molecule has 2 heterocycles. The van der Waals surface area contributed by atoms with E-state index in [9.17, 15) is 0 Å². The van der Waals surface area contributed by atoms with E-state index in [2.05, 4.69) is 34.6 Å². The quantitative estimate of drug-likeness (QED) is 0.463. The average Bonchev–Trinajstić information content (AvgIpc) is 3.06. The number of rotatable bonds is 11. The molecule has 3 heteroatoms. The molecule has 0 aromatic carbocycles. The second kappa shape index (κ2) is 9.24. The largest absolute Gasteiger partial charge is 0.341 e. The van der Waals surface area contributed by atoms with Gasteiger partial charge in [0.25, 0.3) is 0 Å². The zero-order chi connectivity index (χ0) is 14.9. The molecular formula is C18H30N2S. The standard InChI is InChI=1S/C18H30N2S/c1-3-4-5-6-7-8-9-10-11-12-15(2)18-19-16-13-21-14-17(16)20-18/h13-15H,3-12H2,1-2H3,(H,19,20). The molecule has 0 bridgehead atoms. The number of nitrogens with zero attached hydrogens (tertiary/aromatic N) is 1. The number of fused-ring (bicyclic) bond motifs is 1. The van der Waals surface area contributed by atoms with E-state index in [0.717, 1.165) is 5.52 Å². The lowest BCUT2D eigenvalue weighted by atomic mass is 10.0. The van der Waals surface area contributed by atoms with Crippen molar-refractivity contribution in [3.05, 3.63) is 16.6 Å². The highest BCUT2D eigenvalue weighted by molar-refractivity contribution is 7.09. The number of thiophene rings is 1. The maximum Gasteiger partial charge on any atom is 0.110 e. The van der Waals surface area contributed by atoms with E-state index < -0.39 is 0 Å². The second-order valence-corrected chi connectivity index (χ2v) is 7.05. The summed E-state index contributed by atoms with van der Waals surface area (Å²) in [6.45, 7) is 4.58. The van der Waals surface area contributed by atoms with Gasteiger partial charge in [0.05, 0.1) is 11.0 Å². The van der Waals surface area contributed by atoms with Gasteiger partial charge in [0, 0.05) is 16.7 Å². The molecule has 0 amide bonds. The molecular weight excluding hydrogens is 276 g/mol.